The Hall–Kier alpha value is -0.120. The molecular weight excluding hydrogens is 200 g/mol. The molecule has 96 valence electrons. The van der Waals surface area contributed by atoms with Gasteiger partial charge in [0, 0.05) is 31.8 Å². The maximum atomic E-state index is 5.10. The van der Waals surface area contributed by atoms with Gasteiger partial charge in [0.05, 0.1) is 0 Å². The molecule has 0 amide bonds. The summed E-state index contributed by atoms with van der Waals surface area (Å²) < 4.78 is 5.10. The number of nitrogens with one attached hydrogen (secondary N) is 1. The first-order chi connectivity index (χ1) is 7.63. The van der Waals surface area contributed by atoms with E-state index in [0.29, 0.717) is 18.1 Å². The van der Waals surface area contributed by atoms with Crippen molar-refractivity contribution in [1.82, 2.24) is 10.2 Å². The Morgan fingerprint density at radius 3 is 2.38 bits per heavy atom. The van der Waals surface area contributed by atoms with Crippen LogP contribution < -0.4 is 5.32 Å². The highest BCUT2D eigenvalue weighted by molar-refractivity contribution is 4.80. The van der Waals surface area contributed by atoms with E-state index < -0.39 is 0 Å². The van der Waals surface area contributed by atoms with Crippen LogP contribution >= 0.6 is 0 Å². The minimum Gasteiger partial charge on any atom is -0.385 e. The van der Waals surface area contributed by atoms with Crippen LogP contribution in [0.4, 0.5) is 0 Å². The molecule has 3 heteroatoms. The van der Waals surface area contributed by atoms with Crippen molar-refractivity contribution in [2.75, 3.05) is 26.8 Å². The lowest BCUT2D eigenvalue weighted by molar-refractivity contribution is 0.148. The molecule has 1 heterocycles. The van der Waals surface area contributed by atoms with Crippen LogP contribution in [-0.4, -0.2) is 49.8 Å². The zero-order valence-corrected chi connectivity index (χ0v) is 11.3. The molecule has 0 radical (unpaired) electrons. The van der Waals surface area contributed by atoms with E-state index >= 15 is 0 Å². The first-order valence-corrected chi connectivity index (χ1v) is 6.62. The maximum absolute atomic E-state index is 5.10. The average Bonchev–Trinajstić information content (AvgIpc) is 2.27. The molecule has 16 heavy (non-hydrogen) atoms. The Morgan fingerprint density at radius 2 is 1.88 bits per heavy atom. The molecule has 1 aliphatic heterocycles. The lowest BCUT2D eigenvalue weighted by Crippen LogP contribution is -2.47. The van der Waals surface area contributed by atoms with Gasteiger partial charge in [0.2, 0.25) is 0 Å². The summed E-state index contributed by atoms with van der Waals surface area (Å²) in [7, 11) is 1.77. The van der Waals surface area contributed by atoms with Crippen molar-refractivity contribution in [2.45, 2.75) is 58.2 Å². The molecule has 3 nitrogen and oxygen atoms in total. The molecule has 1 atom stereocenters. The standard InChI is InChI=1S/C13H28N2O/c1-11(2)15-8-5-13(6-9-15)14-12(3)7-10-16-4/h11-14H,5-10H2,1-4H3. The first-order valence-electron chi connectivity index (χ1n) is 6.62. The van der Waals surface area contributed by atoms with E-state index in [4.69, 9.17) is 4.74 Å². The molecule has 0 spiro atoms. The van der Waals surface area contributed by atoms with Gasteiger partial charge in [-0.25, -0.2) is 0 Å². The summed E-state index contributed by atoms with van der Waals surface area (Å²) in [5.41, 5.74) is 0. The topological polar surface area (TPSA) is 24.5 Å². The fourth-order valence-corrected chi connectivity index (χ4v) is 2.36. The van der Waals surface area contributed by atoms with E-state index in [0.717, 1.165) is 13.0 Å². The van der Waals surface area contributed by atoms with Gasteiger partial charge >= 0.3 is 0 Å². The molecule has 1 unspecified atom stereocenters. The van der Waals surface area contributed by atoms with Crippen LogP contribution in [0.1, 0.15) is 40.0 Å². The van der Waals surface area contributed by atoms with E-state index in [-0.39, 0.29) is 0 Å². The van der Waals surface area contributed by atoms with Crippen molar-refractivity contribution < 1.29 is 4.74 Å². The van der Waals surface area contributed by atoms with Crippen LogP contribution in [-0.2, 0) is 4.74 Å². The Kier molecular flexibility index (Phi) is 6.32. The second kappa shape index (κ2) is 7.25. The van der Waals surface area contributed by atoms with Crippen LogP contribution in [0.25, 0.3) is 0 Å². The smallest absolute Gasteiger partial charge is 0.0476 e. The summed E-state index contributed by atoms with van der Waals surface area (Å²) in [5, 5.41) is 3.71. The highest BCUT2D eigenvalue weighted by atomic mass is 16.5. The van der Waals surface area contributed by atoms with Crippen molar-refractivity contribution >= 4 is 0 Å². The average molecular weight is 228 g/mol. The summed E-state index contributed by atoms with van der Waals surface area (Å²) in [5.74, 6) is 0. The lowest BCUT2D eigenvalue weighted by Gasteiger charge is -2.36. The molecule has 1 aliphatic rings. The molecule has 0 aliphatic carbocycles. The summed E-state index contributed by atoms with van der Waals surface area (Å²) in [6.07, 6.45) is 3.69. The quantitative estimate of drug-likeness (QED) is 0.751. The van der Waals surface area contributed by atoms with E-state index in [2.05, 4.69) is 31.0 Å². The highest BCUT2D eigenvalue weighted by Gasteiger charge is 2.21. The molecule has 0 saturated carbocycles. The molecule has 0 aromatic heterocycles. The Morgan fingerprint density at radius 1 is 1.25 bits per heavy atom. The van der Waals surface area contributed by atoms with Crippen LogP contribution in [0.15, 0.2) is 0 Å². The minimum absolute atomic E-state index is 0.579. The van der Waals surface area contributed by atoms with Crippen molar-refractivity contribution in [1.29, 1.82) is 0 Å². The van der Waals surface area contributed by atoms with Gasteiger partial charge in [-0.3, -0.25) is 0 Å². The van der Waals surface area contributed by atoms with E-state index in [9.17, 15) is 0 Å². The summed E-state index contributed by atoms with van der Waals surface area (Å²) in [4.78, 5) is 2.57. The van der Waals surface area contributed by atoms with E-state index in [1.54, 1.807) is 7.11 Å². The van der Waals surface area contributed by atoms with Gasteiger partial charge in [-0.1, -0.05) is 0 Å². The van der Waals surface area contributed by atoms with Gasteiger partial charge in [0.1, 0.15) is 0 Å². The largest absolute Gasteiger partial charge is 0.385 e. The second-order valence-corrected chi connectivity index (χ2v) is 5.25. The zero-order valence-electron chi connectivity index (χ0n) is 11.3. The minimum atomic E-state index is 0.579. The third-order valence-electron chi connectivity index (χ3n) is 3.54. The van der Waals surface area contributed by atoms with Crippen LogP contribution in [0.5, 0.6) is 0 Å². The third-order valence-corrected chi connectivity index (χ3v) is 3.54. The maximum Gasteiger partial charge on any atom is 0.0476 e. The Labute approximate surface area is 101 Å². The predicted molar refractivity (Wildman–Crippen MR) is 68.8 cm³/mol. The van der Waals surface area contributed by atoms with Gasteiger partial charge in [0.15, 0.2) is 0 Å². The van der Waals surface area contributed by atoms with Crippen LogP contribution in [0.2, 0.25) is 0 Å². The number of ether oxygens (including phenoxy) is 1. The third kappa shape index (κ3) is 4.81. The number of methoxy groups -OCH3 is 1. The molecule has 1 fully saturated rings. The Bertz CT molecular complexity index is 177. The second-order valence-electron chi connectivity index (χ2n) is 5.25. The molecular formula is C13H28N2O. The number of nitrogens with zero attached hydrogens (tertiary/aromatic N) is 1. The summed E-state index contributed by atoms with van der Waals surface area (Å²) >= 11 is 0. The fraction of sp³-hybridized carbons (Fsp3) is 1.00. The van der Waals surface area contributed by atoms with E-state index in [1.165, 1.54) is 25.9 Å². The Balaban J connectivity index is 2.16. The SMILES string of the molecule is COCCC(C)NC1CCN(C(C)C)CC1. The first kappa shape index (κ1) is 13.9. The number of hydrogen-bond donors (Lipinski definition) is 1. The van der Waals surface area contributed by atoms with Gasteiger partial charge < -0.3 is 15.0 Å². The predicted octanol–water partition coefficient (Wildman–Crippen LogP) is 1.87. The molecule has 0 aromatic carbocycles. The van der Waals surface area contributed by atoms with Crippen LogP contribution in [0, 0.1) is 0 Å². The van der Waals surface area contributed by atoms with Crippen LogP contribution in [0.3, 0.4) is 0 Å². The summed E-state index contributed by atoms with van der Waals surface area (Å²) in [6.45, 7) is 10.2. The van der Waals surface area contributed by atoms with Gasteiger partial charge in [-0.2, -0.15) is 0 Å². The number of piperidine rings is 1. The van der Waals surface area contributed by atoms with Crippen molar-refractivity contribution in [3.63, 3.8) is 0 Å². The van der Waals surface area contributed by atoms with Gasteiger partial charge in [0.25, 0.3) is 0 Å². The van der Waals surface area contributed by atoms with E-state index in [1.807, 2.05) is 0 Å². The highest BCUT2D eigenvalue weighted by Crippen LogP contribution is 2.13. The molecule has 1 rings (SSSR count). The molecule has 1 N–H and O–H groups in total. The number of likely N-dealkylation sites (tertiary alicyclic amines) is 1. The van der Waals surface area contributed by atoms with Crippen molar-refractivity contribution in [3.05, 3.63) is 0 Å². The van der Waals surface area contributed by atoms with Crippen molar-refractivity contribution in [2.24, 2.45) is 0 Å². The van der Waals surface area contributed by atoms with Gasteiger partial charge in [-0.15, -0.1) is 0 Å². The van der Waals surface area contributed by atoms with Crippen molar-refractivity contribution in [3.8, 4) is 0 Å². The normalized spacial score (nSPS) is 21.6. The molecule has 1 saturated heterocycles. The fourth-order valence-electron chi connectivity index (χ4n) is 2.36. The number of hydrogen-bond acceptors (Lipinski definition) is 3. The molecule has 0 aromatic rings. The zero-order chi connectivity index (χ0) is 12.0. The number of rotatable bonds is 6. The lowest BCUT2D eigenvalue weighted by atomic mass is 10.0. The monoisotopic (exact) mass is 228 g/mol. The van der Waals surface area contributed by atoms with Gasteiger partial charge in [-0.05, 0) is 53.1 Å². The summed E-state index contributed by atoms with van der Waals surface area (Å²) in [6, 6.07) is 1.99. The molecule has 0 bridgehead atoms.